The summed E-state index contributed by atoms with van der Waals surface area (Å²) < 4.78 is 5.91. The van der Waals surface area contributed by atoms with Crippen LogP contribution < -0.4 is 15.4 Å². The standard InChI is InChI=1S/C21H20N6O3/c1-12-7-14(4-6-18(12)30-16-5-3-13(2)22-10-16)27-20-19-17(24-11-25-20)8-15(26-19)9-23-21(28)29/h3-8,10-11,23,26H,9H2,1-2H3,(H,28,29)(H,24,25,27). The number of nitrogens with zero attached hydrogens (tertiary/aromatic N) is 3. The number of pyridine rings is 1. The van der Waals surface area contributed by atoms with Gasteiger partial charge in [-0.25, -0.2) is 14.8 Å². The third-order valence-electron chi connectivity index (χ3n) is 4.45. The number of nitrogens with one attached hydrogen (secondary N) is 3. The van der Waals surface area contributed by atoms with Crippen molar-refractivity contribution in [2.45, 2.75) is 20.4 Å². The van der Waals surface area contributed by atoms with Gasteiger partial charge in [-0.05, 0) is 55.8 Å². The monoisotopic (exact) mass is 404 g/mol. The zero-order valence-electron chi connectivity index (χ0n) is 16.4. The second-order valence-electron chi connectivity index (χ2n) is 6.78. The molecular weight excluding hydrogens is 384 g/mol. The minimum absolute atomic E-state index is 0.157. The number of carboxylic acid groups (broad SMARTS) is 1. The predicted molar refractivity (Wildman–Crippen MR) is 112 cm³/mol. The Morgan fingerprint density at radius 3 is 2.73 bits per heavy atom. The van der Waals surface area contributed by atoms with Crippen LogP contribution in [0.25, 0.3) is 11.0 Å². The number of anilines is 2. The Labute approximate surface area is 172 Å². The van der Waals surface area contributed by atoms with Gasteiger partial charge in [0.25, 0.3) is 0 Å². The summed E-state index contributed by atoms with van der Waals surface area (Å²) in [6.07, 6.45) is 2.07. The first kappa shape index (κ1) is 19.2. The topological polar surface area (TPSA) is 125 Å². The molecule has 152 valence electrons. The average Bonchev–Trinajstić information content (AvgIpc) is 3.14. The normalized spacial score (nSPS) is 10.7. The van der Waals surface area contributed by atoms with Crippen LogP contribution in [0.2, 0.25) is 0 Å². The molecule has 1 amide bonds. The number of benzene rings is 1. The Bertz CT molecular complexity index is 1200. The van der Waals surface area contributed by atoms with E-state index in [2.05, 4.69) is 30.6 Å². The van der Waals surface area contributed by atoms with Gasteiger partial charge in [-0.1, -0.05) is 0 Å². The van der Waals surface area contributed by atoms with Crippen LogP contribution >= 0.6 is 0 Å². The van der Waals surface area contributed by atoms with E-state index in [0.717, 1.165) is 22.7 Å². The molecule has 9 nitrogen and oxygen atoms in total. The van der Waals surface area contributed by atoms with Gasteiger partial charge in [0.2, 0.25) is 0 Å². The molecule has 0 spiro atoms. The minimum atomic E-state index is -1.09. The van der Waals surface area contributed by atoms with Crippen molar-refractivity contribution >= 4 is 28.6 Å². The Balaban J connectivity index is 1.53. The third kappa shape index (κ3) is 4.30. The summed E-state index contributed by atoms with van der Waals surface area (Å²) in [5.41, 5.74) is 4.80. The summed E-state index contributed by atoms with van der Waals surface area (Å²) in [6.45, 7) is 4.04. The van der Waals surface area contributed by atoms with Gasteiger partial charge in [-0.3, -0.25) is 4.98 Å². The van der Waals surface area contributed by atoms with E-state index in [-0.39, 0.29) is 6.54 Å². The van der Waals surface area contributed by atoms with Crippen molar-refractivity contribution in [1.82, 2.24) is 25.3 Å². The van der Waals surface area contributed by atoms with Crippen molar-refractivity contribution in [3.63, 3.8) is 0 Å². The molecule has 4 rings (SSSR count). The summed E-state index contributed by atoms with van der Waals surface area (Å²) in [4.78, 5) is 26.6. The summed E-state index contributed by atoms with van der Waals surface area (Å²) in [5, 5.41) is 14.4. The highest BCUT2D eigenvalue weighted by Gasteiger charge is 2.10. The SMILES string of the molecule is Cc1ccc(Oc2ccc(Nc3ncnc4cc(CNC(=O)O)[nH]c34)cc2C)cn1. The maximum Gasteiger partial charge on any atom is 0.404 e. The van der Waals surface area contributed by atoms with Crippen LogP contribution in [0.5, 0.6) is 11.5 Å². The van der Waals surface area contributed by atoms with E-state index in [1.165, 1.54) is 6.33 Å². The fourth-order valence-electron chi connectivity index (χ4n) is 2.97. The first-order chi connectivity index (χ1) is 14.5. The molecule has 0 fully saturated rings. The number of aryl methyl sites for hydroxylation is 2. The smallest absolute Gasteiger partial charge is 0.404 e. The van der Waals surface area contributed by atoms with E-state index in [9.17, 15) is 4.79 Å². The van der Waals surface area contributed by atoms with Crippen molar-refractivity contribution in [2.24, 2.45) is 0 Å². The molecule has 4 aromatic rings. The van der Waals surface area contributed by atoms with Gasteiger partial charge in [0.05, 0.1) is 18.3 Å². The molecule has 0 unspecified atom stereocenters. The Hall–Kier alpha value is -4.14. The molecule has 3 aromatic heterocycles. The summed E-state index contributed by atoms with van der Waals surface area (Å²) in [7, 11) is 0. The average molecular weight is 404 g/mol. The van der Waals surface area contributed by atoms with E-state index in [0.29, 0.717) is 28.3 Å². The maximum absolute atomic E-state index is 10.7. The van der Waals surface area contributed by atoms with Crippen LogP contribution in [0, 0.1) is 13.8 Å². The largest absolute Gasteiger partial charge is 0.465 e. The van der Waals surface area contributed by atoms with E-state index >= 15 is 0 Å². The first-order valence-electron chi connectivity index (χ1n) is 9.25. The molecule has 0 aliphatic heterocycles. The molecule has 4 N–H and O–H groups in total. The molecule has 0 atom stereocenters. The number of aromatic nitrogens is 4. The second kappa shape index (κ2) is 8.08. The molecule has 0 saturated heterocycles. The molecule has 0 saturated carbocycles. The van der Waals surface area contributed by atoms with E-state index < -0.39 is 6.09 Å². The minimum Gasteiger partial charge on any atom is -0.465 e. The second-order valence-corrected chi connectivity index (χ2v) is 6.78. The van der Waals surface area contributed by atoms with Gasteiger partial charge in [0.15, 0.2) is 5.82 Å². The highest BCUT2D eigenvalue weighted by molar-refractivity contribution is 5.88. The lowest BCUT2D eigenvalue weighted by molar-refractivity contribution is 0.194. The van der Waals surface area contributed by atoms with Gasteiger partial charge < -0.3 is 25.5 Å². The van der Waals surface area contributed by atoms with Crippen LogP contribution in [-0.4, -0.2) is 31.1 Å². The number of carbonyl (C=O) groups is 1. The number of hydrogen-bond acceptors (Lipinski definition) is 6. The van der Waals surface area contributed by atoms with Crippen LogP contribution in [-0.2, 0) is 6.54 Å². The number of H-pyrrole nitrogens is 1. The summed E-state index contributed by atoms with van der Waals surface area (Å²) in [5.74, 6) is 2.01. The van der Waals surface area contributed by atoms with Crippen LogP contribution in [0.4, 0.5) is 16.3 Å². The van der Waals surface area contributed by atoms with Gasteiger partial charge in [0, 0.05) is 17.1 Å². The number of ether oxygens (including phenoxy) is 1. The van der Waals surface area contributed by atoms with Crippen molar-refractivity contribution in [1.29, 1.82) is 0 Å². The number of hydrogen-bond donors (Lipinski definition) is 4. The molecule has 0 aliphatic carbocycles. The lowest BCUT2D eigenvalue weighted by atomic mass is 10.2. The van der Waals surface area contributed by atoms with E-state index in [4.69, 9.17) is 9.84 Å². The Morgan fingerprint density at radius 2 is 2.00 bits per heavy atom. The molecule has 1 aromatic carbocycles. The lowest BCUT2D eigenvalue weighted by Gasteiger charge is -2.12. The third-order valence-corrected chi connectivity index (χ3v) is 4.45. The zero-order chi connectivity index (χ0) is 21.1. The lowest BCUT2D eigenvalue weighted by Crippen LogP contribution is -2.19. The first-order valence-corrected chi connectivity index (χ1v) is 9.25. The summed E-state index contributed by atoms with van der Waals surface area (Å²) >= 11 is 0. The molecule has 30 heavy (non-hydrogen) atoms. The molecule has 0 bridgehead atoms. The molecule has 0 radical (unpaired) electrons. The van der Waals surface area contributed by atoms with Gasteiger partial charge in [0.1, 0.15) is 23.3 Å². The molecule has 9 heteroatoms. The van der Waals surface area contributed by atoms with Gasteiger partial charge in [-0.2, -0.15) is 0 Å². The fraction of sp³-hybridized carbons (Fsp3) is 0.143. The number of fused-ring (bicyclic) bond motifs is 1. The molecule has 3 heterocycles. The highest BCUT2D eigenvalue weighted by atomic mass is 16.5. The van der Waals surface area contributed by atoms with Crippen LogP contribution in [0.1, 0.15) is 17.0 Å². The van der Waals surface area contributed by atoms with Crippen LogP contribution in [0.3, 0.4) is 0 Å². The highest BCUT2D eigenvalue weighted by Crippen LogP contribution is 2.29. The predicted octanol–water partition coefficient (Wildman–Crippen LogP) is 4.27. The van der Waals surface area contributed by atoms with Crippen molar-refractivity contribution in [3.8, 4) is 11.5 Å². The van der Waals surface area contributed by atoms with E-state index in [1.54, 1.807) is 12.3 Å². The van der Waals surface area contributed by atoms with Crippen molar-refractivity contribution < 1.29 is 14.6 Å². The zero-order valence-corrected chi connectivity index (χ0v) is 16.4. The number of rotatable bonds is 6. The van der Waals surface area contributed by atoms with Gasteiger partial charge >= 0.3 is 6.09 Å². The summed E-state index contributed by atoms with van der Waals surface area (Å²) in [6, 6.07) is 11.3. The molecule has 0 aliphatic rings. The fourth-order valence-corrected chi connectivity index (χ4v) is 2.97. The van der Waals surface area contributed by atoms with Crippen LogP contribution in [0.15, 0.2) is 48.9 Å². The van der Waals surface area contributed by atoms with Crippen molar-refractivity contribution in [2.75, 3.05) is 5.32 Å². The van der Waals surface area contributed by atoms with Gasteiger partial charge in [-0.15, -0.1) is 0 Å². The van der Waals surface area contributed by atoms with Crippen molar-refractivity contribution in [3.05, 3.63) is 65.9 Å². The quantitative estimate of drug-likeness (QED) is 0.378. The van der Waals surface area contributed by atoms with E-state index in [1.807, 2.05) is 44.2 Å². The molecular formula is C21H20N6O3. The maximum atomic E-state index is 10.7. The number of aromatic amines is 1. The Morgan fingerprint density at radius 1 is 1.13 bits per heavy atom. The number of amides is 1. The Kier molecular flexibility index (Phi) is 5.17.